The minimum Gasteiger partial charge on any atom is -0.294 e. The largest absolute Gasteiger partial charge is 0.294 e. The van der Waals surface area contributed by atoms with Crippen molar-refractivity contribution in [1.82, 2.24) is 0 Å². The van der Waals surface area contributed by atoms with E-state index in [1.54, 1.807) is 0 Å². The Kier molecular flexibility index (Phi) is 3.24. The van der Waals surface area contributed by atoms with Gasteiger partial charge in [0.05, 0.1) is 0 Å². The van der Waals surface area contributed by atoms with E-state index in [1.165, 1.54) is 44.5 Å². The summed E-state index contributed by atoms with van der Waals surface area (Å²) in [6.45, 7) is 11.0. The van der Waals surface area contributed by atoms with Crippen LogP contribution in [0.4, 0.5) is 0 Å². The van der Waals surface area contributed by atoms with Gasteiger partial charge in [-0.05, 0) is 85.5 Å². The van der Waals surface area contributed by atoms with Crippen molar-refractivity contribution in [3.8, 4) is 11.1 Å². The zero-order valence-corrected chi connectivity index (χ0v) is 13.6. The third kappa shape index (κ3) is 2.03. The van der Waals surface area contributed by atoms with E-state index in [1.807, 2.05) is 6.07 Å². The summed E-state index contributed by atoms with van der Waals surface area (Å²) in [5, 5.41) is 0. The molecule has 21 heavy (non-hydrogen) atoms. The molecule has 0 fully saturated rings. The van der Waals surface area contributed by atoms with Crippen LogP contribution in [0.5, 0.6) is 0 Å². The summed E-state index contributed by atoms with van der Waals surface area (Å²) in [6, 6.07) is 6.36. The van der Waals surface area contributed by atoms with Gasteiger partial charge >= 0.3 is 0 Å². The van der Waals surface area contributed by atoms with Crippen LogP contribution in [0.3, 0.4) is 0 Å². The maximum Gasteiger partial charge on any atom is 0.163 e. The second kappa shape index (κ2) is 4.84. The van der Waals surface area contributed by atoms with E-state index in [0.717, 1.165) is 12.0 Å². The molecule has 0 aromatic heterocycles. The first-order valence-electron chi connectivity index (χ1n) is 7.65. The van der Waals surface area contributed by atoms with Crippen LogP contribution in [0.1, 0.15) is 50.2 Å². The highest BCUT2D eigenvalue weighted by molar-refractivity contribution is 6.01. The van der Waals surface area contributed by atoms with Crippen LogP contribution in [0, 0.1) is 34.6 Å². The molecule has 0 aliphatic heterocycles. The topological polar surface area (TPSA) is 17.1 Å². The number of benzene rings is 2. The lowest BCUT2D eigenvalue weighted by atomic mass is 9.85. The molecule has 1 nitrogen and oxygen atoms in total. The third-order valence-corrected chi connectivity index (χ3v) is 5.32. The monoisotopic (exact) mass is 278 g/mol. The van der Waals surface area contributed by atoms with E-state index >= 15 is 0 Å². The summed E-state index contributed by atoms with van der Waals surface area (Å²) in [5.74, 6) is 0.293. The molecule has 0 amide bonds. The Morgan fingerprint density at radius 3 is 1.95 bits per heavy atom. The molecule has 0 radical (unpaired) electrons. The van der Waals surface area contributed by atoms with Crippen molar-refractivity contribution in [1.29, 1.82) is 0 Å². The lowest BCUT2D eigenvalue weighted by molar-refractivity contribution is 0.0994. The van der Waals surface area contributed by atoms with E-state index in [9.17, 15) is 4.79 Å². The molecular formula is C20H22O. The highest BCUT2D eigenvalue weighted by Gasteiger charge is 2.21. The fourth-order valence-electron chi connectivity index (χ4n) is 3.54. The van der Waals surface area contributed by atoms with Gasteiger partial charge in [0.25, 0.3) is 0 Å². The molecule has 1 aliphatic rings. The first kappa shape index (κ1) is 14.1. The lowest BCUT2D eigenvalue weighted by Gasteiger charge is -2.19. The first-order valence-corrected chi connectivity index (χ1v) is 7.65. The number of ketones is 1. The van der Waals surface area contributed by atoms with Gasteiger partial charge in [-0.25, -0.2) is 0 Å². The van der Waals surface area contributed by atoms with Crippen LogP contribution < -0.4 is 0 Å². The molecule has 3 rings (SSSR count). The molecule has 0 spiro atoms. The average Bonchev–Trinajstić information content (AvgIpc) is 2.84. The SMILES string of the molecule is Cc1c(C)c(C)c(-c2ccc3c(c2)CCC3=O)c(C)c1C. The van der Waals surface area contributed by atoms with Gasteiger partial charge in [0, 0.05) is 12.0 Å². The lowest BCUT2D eigenvalue weighted by Crippen LogP contribution is -2.00. The van der Waals surface area contributed by atoms with Crippen molar-refractivity contribution >= 4 is 5.78 Å². The summed E-state index contributed by atoms with van der Waals surface area (Å²) in [7, 11) is 0. The smallest absolute Gasteiger partial charge is 0.163 e. The second-order valence-electron chi connectivity index (χ2n) is 6.30. The van der Waals surface area contributed by atoms with Gasteiger partial charge in [-0.3, -0.25) is 4.79 Å². The maximum absolute atomic E-state index is 11.8. The zero-order chi connectivity index (χ0) is 15.3. The second-order valence-corrected chi connectivity index (χ2v) is 6.30. The predicted octanol–water partition coefficient (Wildman–Crippen LogP) is 5.02. The molecule has 0 bridgehead atoms. The summed E-state index contributed by atoms with van der Waals surface area (Å²) < 4.78 is 0. The number of hydrogen-bond acceptors (Lipinski definition) is 1. The van der Waals surface area contributed by atoms with E-state index < -0.39 is 0 Å². The maximum atomic E-state index is 11.8. The van der Waals surface area contributed by atoms with Crippen molar-refractivity contribution in [3.63, 3.8) is 0 Å². The molecule has 108 valence electrons. The van der Waals surface area contributed by atoms with Gasteiger partial charge in [0.2, 0.25) is 0 Å². The minimum atomic E-state index is 0.293. The molecule has 0 atom stereocenters. The fourth-order valence-corrected chi connectivity index (χ4v) is 3.54. The van der Waals surface area contributed by atoms with E-state index in [-0.39, 0.29) is 0 Å². The van der Waals surface area contributed by atoms with Crippen molar-refractivity contribution in [3.05, 3.63) is 57.1 Å². The first-order chi connectivity index (χ1) is 9.91. The van der Waals surface area contributed by atoms with Crippen LogP contribution >= 0.6 is 0 Å². The van der Waals surface area contributed by atoms with E-state index in [4.69, 9.17) is 0 Å². The summed E-state index contributed by atoms with van der Waals surface area (Å²) in [5.41, 5.74) is 11.6. The molecule has 0 N–H and O–H groups in total. The van der Waals surface area contributed by atoms with Crippen LogP contribution in [0.15, 0.2) is 18.2 Å². The van der Waals surface area contributed by atoms with Gasteiger partial charge in [-0.1, -0.05) is 18.2 Å². The molecular weight excluding hydrogens is 256 g/mol. The Hall–Kier alpha value is -1.89. The van der Waals surface area contributed by atoms with Crippen molar-refractivity contribution in [2.75, 3.05) is 0 Å². The fraction of sp³-hybridized carbons (Fsp3) is 0.350. The number of fused-ring (bicyclic) bond motifs is 1. The molecule has 2 aromatic carbocycles. The summed E-state index contributed by atoms with van der Waals surface area (Å²) >= 11 is 0. The van der Waals surface area contributed by atoms with Crippen molar-refractivity contribution in [2.24, 2.45) is 0 Å². The number of rotatable bonds is 1. The van der Waals surface area contributed by atoms with Gasteiger partial charge in [0.15, 0.2) is 5.78 Å². The van der Waals surface area contributed by atoms with E-state index in [0.29, 0.717) is 12.2 Å². The summed E-state index contributed by atoms with van der Waals surface area (Å²) in [4.78, 5) is 11.8. The average molecular weight is 278 g/mol. The molecule has 1 aliphatic carbocycles. The van der Waals surface area contributed by atoms with Gasteiger partial charge in [0.1, 0.15) is 0 Å². The number of Topliss-reactive ketones (excluding diaryl/α,β-unsaturated/α-hetero) is 1. The van der Waals surface area contributed by atoms with Gasteiger partial charge < -0.3 is 0 Å². The Balaban J connectivity index is 2.25. The van der Waals surface area contributed by atoms with E-state index in [2.05, 4.69) is 46.8 Å². The van der Waals surface area contributed by atoms with Crippen molar-refractivity contribution in [2.45, 2.75) is 47.5 Å². The Morgan fingerprint density at radius 1 is 0.762 bits per heavy atom. The Morgan fingerprint density at radius 2 is 1.33 bits per heavy atom. The number of carbonyl (C=O) groups is 1. The quantitative estimate of drug-likeness (QED) is 0.715. The molecule has 0 saturated heterocycles. The van der Waals surface area contributed by atoms with Crippen LogP contribution in [-0.4, -0.2) is 5.78 Å². The zero-order valence-electron chi connectivity index (χ0n) is 13.6. The number of hydrogen-bond donors (Lipinski definition) is 0. The minimum absolute atomic E-state index is 0.293. The molecule has 2 aromatic rings. The molecule has 0 unspecified atom stereocenters. The highest BCUT2D eigenvalue weighted by atomic mass is 16.1. The summed E-state index contributed by atoms with van der Waals surface area (Å²) in [6.07, 6.45) is 1.56. The number of carbonyl (C=O) groups excluding carboxylic acids is 1. The van der Waals surface area contributed by atoms with Crippen LogP contribution in [-0.2, 0) is 6.42 Å². The van der Waals surface area contributed by atoms with Crippen LogP contribution in [0.25, 0.3) is 11.1 Å². The predicted molar refractivity (Wildman–Crippen MR) is 88.2 cm³/mol. The highest BCUT2D eigenvalue weighted by Crippen LogP contribution is 2.36. The standard InChI is InChI=1S/C20H22O/c1-11-12(2)14(4)20(15(5)13(11)3)17-6-8-18-16(10-17)7-9-19(18)21/h6,8,10H,7,9H2,1-5H3. The van der Waals surface area contributed by atoms with Crippen molar-refractivity contribution < 1.29 is 4.79 Å². The Bertz CT molecular complexity index is 737. The molecule has 1 heteroatoms. The van der Waals surface area contributed by atoms with Crippen LogP contribution in [0.2, 0.25) is 0 Å². The number of aryl methyl sites for hydroxylation is 1. The third-order valence-electron chi connectivity index (χ3n) is 5.32. The Labute approximate surface area is 127 Å². The van der Waals surface area contributed by atoms with Gasteiger partial charge in [-0.2, -0.15) is 0 Å². The van der Waals surface area contributed by atoms with Gasteiger partial charge in [-0.15, -0.1) is 0 Å². The molecule has 0 saturated carbocycles. The normalized spacial score (nSPS) is 13.7. The molecule has 0 heterocycles.